The average molecular weight is 196 g/mol. The number of hydrogen-bond donors (Lipinski definition) is 2. The number of nitrogen functional groups attached to an aromatic ring is 1. The highest BCUT2D eigenvalue weighted by molar-refractivity contribution is 5.85. The molecule has 0 amide bonds. The minimum Gasteiger partial charge on any atom is -0.396 e. The van der Waals surface area contributed by atoms with Gasteiger partial charge in [0.15, 0.2) is 0 Å². The summed E-state index contributed by atoms with van der Waals surface area (Å²) < 4.78 is 0. The van der Waals surface area contributed by atoms with Crippen molar-refractivity contribution in [2.75, 3.05) is 18.1 Å². The van der Waals surface area contributed by atoms with Crippen molar-refractivity contribution < 1.29 is 0 Å². The van der Waals surface area contributed by atoms with Gasteiger partial charge in [-0.2, -0.15) is 0 Å². The predicted molar refractivity (Wildman–Crippen MR) is 52.7 cm³/mol. The molecular formula is C6H11Cl2N3. The Morgan fingerprint density at radius 1 is 1.45 bits per heavy atom. The monoisotopic (exact) mass is 195 g/mol. The van der Waals surface area contributed by atoms with Crippen LogP contribution >= 0.6 is 24.8 Å². The summed E-state index contributed by atoms with van der Waals surface area (Å²) in [6, 6.07) is 3.61. The maximum absolute atomic E-state index is 5.51. The molecule has 1 aromatic heterocycles. The molecule has 0 spiro atoms. The van der Waals surface area contributed by atoms with Crippen LogP contribution in [0.15, 0.2) is 18.3 Å². The van der Waals surface area contributed by atoms with Crippen LogP contribution in [0.5, 0.6) is 0 Å². The minimum absolute atomic E-state index is 0. The molecule has 0 aliphatic heterocycles. The fraction of sp³-hybridized carbons (Fsp3) is 0.167. The Bertz CT molecular complexity index is 205. The minimum atomic E-state index is 0. The van der Waals surface area contributed by atoms with Gasteiger partial charge in [-0.25, -0.2) is 4.98 Å². The maximum Gasteiger partial charge on any atom is 0.148 e. The Hall–Kier alpha value is -0.670. The van der Waals surface area contributed by atoms with Gasteiger partial charge in [0.2, 0.25) is 0 Å². The molecule has 0 aliphatic rings. The number of anilines is 2. The molecule has 1 rings (SSSR count). The topological polar surface area (TPSA) is 50.9 Å². The Morgan fingerprint density at radius 2 is 2.09 bits per heavy atom. The van der Waals surface area contributed by atoms with Crippen molar-refractivity contribution >= 4 is 36.3 Å². The SMILES string of the molecule is CNc1ncccc1N.Cl.Cl. The smallest absolute Gasteiger partial charge is 0.148 e. The van der Waals surface area contributed by atoms with Gasteiger partial charge >= 0.3 is 0 Å². The second kappa shape index (κ2) is 6.07. The van der Waals surface area contributed by atoms with E-state index in [1.807, 2.05) is 0 Å². The number of halogens is 2. The molecule has 0 fully saturated rings. The lowest BCUT2D eigenvalue weighted by molar-refractivity contribution is 1.29. The molecule has 0 aliphatic carbocycles. The fourth-order valence-corrected chi connectivity index (χ4v) is 0.627. The zero-order valence-corrected chi connectivity index (χ0v) is 7.71. The molecule has 5 heteroatoms. The van der Waals surface area contributed by atoms with Crippen molar-refractivity contribution in [1.82, 2.24) is 4.98 Å². The van der Waals surface area contributed by atoms with E-state index in [1.165, 1.54) is 0 Å². The van der Waals surface area contributed by atoms with Gasteiger partial charge in [0.25, 0.3) is 0 Å². The summed E-state index contributed by atoms with van der Waals surface area (Å²) in [7, 11) is 1.79. The van der Waals surface area contributed by atoms with Crippen LogP contribution in [0, 0.1) is 0 Å². The van der Waals surface area contributed by atoms with Gasteiger partial charge in [0, 0.05) is 13.2 Å². The summed E-state index contributed by atoms with van der Waals surface area (Å²) in [6.07, 6.45) is 1.70. The molecule has 0 atom stereocenters. The lowest BCUT2D eigenvalue weighted by Crippen LogP contribution is -1.96. The first-order valence-electron chi connectivity index (χ1n) is 2.73. The summed E-state index contributed by atoms with van der Waals surface area (Å²) in [5.41, 5.74) is 6.19. The van der Waals surface area contributed by atoms with E-state index in [-0.39, 0.29) is 24.8 Å². The maximum atomic E-state index is 5.51. The molecule has 11 heavy (non-hydrogen) atoms. The lowest BCUT2D eigenvalue weighted by Gasteiger charge is -1.99. The van der Waals surface area contributed by atoms with Gasteiger partial charge < -0.3 is 11.1 Å². The second-order valence-corrected chi connectivity index (χ2v) is 1.69. The third-order valence-electron chi connectivity index (χ3n) is 1.08. The Morgan fingerprint density at radius 3 is 2.45 bits per heavy atom. The van der Waals surface area contributed by atoms with Crippen molar-refractivity contribution in [3.05, 3.63) is 18.3 Å². The van der Waals surface area contributed by atoms with Crippen LogP contribution in [0.4, 0.5) is 11.5 Å². The third kappa shape index (κ3) is 3.30. The highest BCUT2D eigenvalue weighted by Gasteiger charge is 1.91. The normalized spacial score (nSPS) is 7.36. The predicted octanol–water partition coefficient (Wildman–Crippen LogP) is 1.55. The van der Waals surface area contributed by atoms with Crippen molar-refractivity contribution in [3.63, 3.8) is 0 Å². The number of aromatic nitrogens is 1. The zero-order valence-electron chi connectivity index (χ0n) is 6.07. The van der Waals surface area contributed by atoms with Crippen LogP contribution in [0.25, 0.3) is 0 Å². The van der Waals surface area contributed by atoms with E-state index < -0.39 is 0 Å². The Balaban J connectivity index is 0. The number of nitrogens with zero attached hydrogens (tertiary/aromatic N) is 1. The molecule has 0 unspecified atom stereocenters. The van der Waals surface area contributed by atoms with Gasteiger partial charge in [-0.3, -0.25) is 0 Å². The summed E-state index contributed by atoms with van der Waals surface area (Å²) >= 11 is 0. The largest absolute Gasteiger partial charge is 0.396 e. The quantitative estimate of drug-likeness (QED) is 0.716. The van der Waals surface area contributed by atoms with Crippen LogP contribution in [0.2, 0.25) is 0 Å². The summed E-state index contributed by atoms with van der Waals surface area (Å²) in [6.45, 7) is 0. The average Bonchev–Trinajstić information content (AvgIpc) is 1.89. The summed E-state index contributed by atoms with van der Waals surface area (Å²) in [5.74, 6) is 0.734. The van der Waals surface area contributed by atoms with Crippen LogP contribution in [-0.2, 0) is 0 Å². The molecule has 0 radical (unpaired) electrons. The van der Waals surface area contributed by atoms with Crippen LogP contribution in [-0.4, -0.2) is 12.0 Å². The molecule has 3 nitrogen and oxygen atoms in total. The summed E-state index contributed by atoms with van der Waals surface area (Å²) in [5, 5.41) is 2.86. The lowest BCUT2D eigenvalue weighted by atomic mass is 10.4. The van der Waals surface area contributed by atoms with E-state index in [0.29, 0.717) is 5.69 Å². The van der Waals surface area contributed by atoms with Gasteiger partial charge in [0.05, 0.1) is 5.69 Å². The highest BCUT2D eigenvalue weighted by Crippen LogP contribution is 2.10. The van der Waals surface area contributed by atoms with Gasteiger partial charge in [0.1, 0.15) is 5.82 Å². The number of nitrogens with one attached hydrogen (secondary N) is 1. The first kappa shape index (κ1) is 13.0. The van der Waals surface area contributed by atoms with Crippen molar-refractivity contribution in [2.24, 2.45) is 0 Å². The number of hydrogen-bond acceptors (Lipinski definition) is 3. The van der Waals surface area contributed by atoms with Crippen LogP contribution in [0.3, 0.4) is 0 Å². The van der Waals surface area contributed by atoms with Crippen molar-refractivity contribution in [1.29, 1.82) is 0 Å². The van der Waals surface area contributed by atoms with Crippen LogP contribution in [0.1, 0.15) is 0 Å². The molecule has 0 aromatic carbocycles. The molecule has 0 bridgehead atoms. The molecule has 1 heterocycles. The van der Waals surface area contributed by atoms with Gasteiger partial charge in [-0.1, -0.05) is 0 Å². The van der Waals surface area contributed by atoms with E-state index >= 15 is 0 Å². The number of pyridine rings is 1. The molecule has 0 saturated carbocycles. The first-order chi connectivity index (χ1) is 4.34. The van der Waals surface area contributed by atoms with E-state index in [0.717, 1.165) is 5.82 Å². The Kier molecular flexibility index (Phi) is 7.15. The molecule has 0 saturated heterocycles. The molecule has 1 aromatic rings. The van der Waals surface area contributed by atoms with E-state index in [9.17, 15) is 0 Å². The van der Waals surface area contributed by atoms with E-state index in [1.54, 1.807) is 25.4 Å². The third-order valence-corrected chi connectivity index (χ3v) is 1.08. The van der Waals surface area contributed by atoms with Crippen LogP contribution < -0.4 is 11.1 Å². The summed E-state index contributed by atoms with van der Waals surface area (Å²) in [4.78, 5) is 3.96. The highest BCUT2D eigenvalue weighted by atomic mass is 35.5. The zero-order chi connectivity index (χ0) is 6.69. The van der Waals surface area contributed by atoms with Gasteiger partial charge in [-0.05, 0) is 12.1 Å². The molecule has 3 N–H and O–H groups in total. The van der Waals surface area contributed by atoms with Gasteiger partial charge in [-0.15, -0.1) is 24.8 Å². The van der Waals surface area contributed by atoms with Crippen molar-refractivity contribution in [2.45, 2.75) is 0 Å². The fourth-order valence-electron chi connectivity index (χ4n) is 0.627. The number of rotatable bonds is 1. The number of nitrogens with two attached hydrogens (primary N) is 1. The second-order valence-electron chi connectivity index (χ2n) is 1.69. The van der Waals surface area contributed by atoms with E-state index in [2.05, 4.69) is 10.3 Å². The molecule has 64 valence electrons. The standard InChI is InChI=1S/C6H9N3.2ClH/c1-8-6-5(7)3-2-4-9-6;;/h2-4H,7H2,1H3,(H,8,9);2*1H. The van der Waals surface area contributed by atoms with Crippen molar-refractivity contribution in [3.8, 4) is 0 Å². The Labute approximate surface area is 78.2 Å². The first-order valence-corrected chi connectivity index (χ1v) is 2.73. The molecular weight excluding hydrogens is 185 g/mol. The van der Waals surface area contributed by atoms with E-state index in [4.69, 9.17) is 5.73 Å².